The van der Waals surface area contributed by atoms with Crippen LogP contribution in [0.4, 0.5) is 13.2 Å². The van der Waals surface area contributed by atoms with E-state index in [0.717, 1.165) is 36.6 Å². The van der Waals surface area contributed by atoms with Crippen molar-refractivity contribution in [2.24, 2.45) is 5.41 Å². The van der Waals surface area contributed by atoms with Crippen molar-refractivity contribution in [2.75, 3.05) is 13.1 Å². The molecule has 0 amide bonds. The number of fused-ring (bicyclic) bond motifs is 1. The van der Waals surface area contributed by atoms with Gasteiger partial charge in [-0.15, -0.1) is 0 Å². The van der Waals surface area contributed by atoms with E-state index in [2.05, 4.69) is 34.4 Å². The van der Waals surface area contributed by atoms with E-state index in [-0.39, 0.29) is 47.8 Å². The largest absolute Gasteiger partial charge is 0.480 e. The van der Waals surface area contributed by atoms with Crippen molar-refractivity contribution in [3.05, 3.63) is 40.6 Å². The van der Waals surface area contributed by atoms with E-state index in [1.165, 1.54) is 12.1 Å². The van der Waals surface area contributed by atoms with Crippen molar-refractivity contribution in [3.8, 4) is 23.0 Å². The van der Waals surface area contributed by atoms with Gasteiger partial charge in [0.25, 0.3) is 5.89 Å². The fraction of sp³-hybridized carbons (Fsp3) is 0.500. The smallest absolute Gasteiger partial charge is 0.416 e. The number of rotatable bonds is 8. The normalized spacial score (nSPS) is 15.3. The van der Waals surface area contributed by atoms with Gasteiger partial charge in [0.15, 0.2) is 5.69 Å². The minimum absolute atomic E-state index is 0.0246. The van der Waals surface area contributed by atoms with E-state index in [4.69, 9.17) is 9.63 Å². The molecule has 2 N–H and O–H groups in total. The summed E-state index contributed by atoms with van der Waals surface area (Å²) in [5, 5.41) is 19.9. The molecular weight excluding hydrogens is 463 g/mol. The van der Waals surface area contributed by atoms with Crippen molar-refractivity contribution >= 4 is 5.97 Å². The van der Waals surface area contributed by atoms with Crippen LogP contribution in [0, 0.1) is 5.41 Å². The van der Waals surface area contributed by atoms with Gasteiger partial charge in [0.1, 0.15) is 0 Å². The molecule has 8 nitrogen and oxygen atoms in total. The van der Waals surface area contributed by atoms with Crippen LogP contribution in [0.1, 0.15) is 49.6 Å². The number of hydrogen-bond donors (Lipinski definition) is 2. The highest BCUT2D eigenvalue weighted by Crippen LogP contribution is 2.39. The number of hydrogen-bond acceptors (Lipinski definition) is 6. The molecule has 2 aromatic heterocycles. The molecule has 0 spiro atoms. The van der Waals surface area contributed by atoms with Crippen LogP contribution < -0.4 is 5.32 Å². The zero-order valence-corrected chi connectivity index (χ0v) is 19.9. The number of nitrogens with zero attached hydrogens (tertiary/aromatic N) is 4. The summed E-state index contributed by atoms with van der Waals surface area (Å²) in [6.45, 7) is 6.92. The van der Waals surface area contributed by atoms with Gasteiger partial charge in [0.2, 0.25) is 5.82 Å². The van der Waals surface area contributed by atoms with Crippen LogP contribution in [0.15, 0.2) is 22.7 Å². The number of aryl methyl sites for hydroxylation is 1. The van der Waals surface area contributed by atoms with Gasteiger partial charge in [0, 0.05) is 23.4 Å². The molecule has 0 aliphatic heterocycles. The maximum atomic E-state index is 13.8. The molecule has 0 saturated carbocycles. The third-order valence-electron chi connectivity index (χ3n) is 6.31. The zero-order valence-electron chi connectivity index (χ0n) is 19.9. The number of aromatic nitrogens is 4. The minimum Gasteiger partial charge on any atom is -0.480 e. The van der Waals surface area contributed by atoms with Gasteiger partial charge in [-0.1, -0.05) is 31.1 Å². The Hall–Kier alpha value is -3.21. The SMILES string of the molecule is CCn1nc(-c2nc(-c3ccc(CCNCC(=O)O)c(C(F)(F)F)c3)no2)c2c1CC(C)(C)CC2. The molecule has 0 unspecified atom stereocenters. The number of aliphatic carboxylic acids is 1. The number of benzene rings is 1. The molecule has 1 aliphatic rings. The molecule has 2 heterocycles. The van der Waals surface area contributed by atoms with E-state index < -0.39 is 17.7 Å². The Morgan fingerprint density at radius 2 is 2.09 bits per heavy atom. The highest BCUT2D eigenvalue weighted by Gasteiger charge is 2.35. The van der Waals surface area contributed by atoms with Crippen LogP contribution in [0.2, 0.25) is 0 Å². The van der Waals surface area contributed by atoms with Gasteiger partial charge in [0.05, 0.1) is 12.1 Å². The highest BCUT2D eigenvalue weighted by molar-refractivity contribution is 5.69. The van der Waals surface area contributed by atoms with Crippen LogP contribution in [0.5, 0.6) is 0 Å². The molecule has 0 radical (unpaired) electrons. The molecule has 11 heteroatoms. The first kappa shape index (κ1) is 24.9. The van der Waals surface area contributed by atoms with Crippen LogP contribution in [-0.2, 0) is 36.8 Å². The second-order valence-electron chi connectivity index (χ2n) is 9.54. The van der Waals surface area contributed by atoms with Gasteiger partial charge in [-0.05, 0) is 56.2 Å². The maximum Gasteiger partial charge on any atom is 0.416 e. The monoisotopic (exact) mass is 491 g/mol. The van der Waals surface area contributed by atoms with E-state index in [1.807, 2.05) is 11.6 Å². The third kappa shape index (κ3) is 5.39. The quantitative estimate of drug-likeness (QED) is 0.451. The molecule has 4 rings (SSSR count). The summed E-state index contributed by atoms with van der Waals surface area (Å²) < 4.78 is 48.6. The summed E-state index contributed by atoms with van der Waals surface area (Å²) >= 11 is 0. The molecule has 0 fully saturated rings. The van der Waals surface area contributed by atoms with Crippen LogP contribution in [-0.4, -0.2) is 44.1 Å². The van der Waals surface area contributed by atoms with E-state index in [1.54, 1.807) is 0 Å². The van der Waals surface area contributed by atoms with Crippen molar-refractivity contribution < 1.29 is 27.6 Å². The molecule has 3 aromatic rings. The van der Waals surface area contributed by atoms with E-state index >= 15 is 0 Å². The summed E-state index contributed by atoms with van der Waals surface area (Å²) in [7, 11) is 0. The summed E-state index contributed by atoms with van der Waals surface area (Å²) in [5.74, 6) is -0.825. The fourth-order valence-corrected chi connectivity index (χ4v) is 4.49. The molecule has 0 saturated heterocycles. The standard InChI is InChI=1S/C24H28F3N5O3/c1-4-32-18-12-23(2,3)9-7-16(18)20(30-32)22-29-21(31-35-22)15-6-5-14(8-10-28-13-19(33)34)17(11-15)24(25,26)27/h5-6,11,28H,4,7-10,12-13H2,1-3H3,(H,33,34). The first-order valence-electron chi connectivity index (χ1n) is 11.5. The molecular formula is C24H28F3N5O3. The van der Waals surface area contributed by atoms with Crippen LogP contribution in [0.25, 0.3) is 23.0 Å². The minimum atomic E-state index is -4.59. The number of nitrogens with one attached hydrogen (secondary N) is 1. The Bertz CT molecular complexity index is 1230. The molecule has 35 heavy (non-hydrogen) atoms. The molecule has 0 atom stereocenters. The van der Waals surface area contributed by atoms with Crippen LogP contribution >= 0.6 is 0 Å². The van der Waals surface area contributed by atoms with Gasteiger partial charge >= 0.3 is 12.1 Å². The second kappa shape index (κ2) is 9.44. The number of halogens is 3. The predicted octanol–water partition coefficient (Wildman–Crippen LogP) is 4.37. The lowest BCUT2D eigenvalue weighted by Crippen LogP contribution is -2.25. The Morgan fingerprint density at radius 3 is 2.77 bits per heavy atom. The van der Waals surface area contributed by atoms with Gasteiger partial charge in [-0.3, -0.25) is 9.48 Å². The summed E-state index contributed by atoms with van der Waals surface area (Å²) in [6.07, 6.45) is -1.88. The lowest BCUT2D eigenvalue weighted by molar-refractivity contribution is -0.138. The topological polar surface area (TPSA) is 106 Å². The van der Waals surface area contributed by atoms with Crippen molar-refractivity contribution in [2.45, 2.75) is 59.2 Å². The average molecular weight is 492 g/mol. The average Bonchev–Trinajstić information content (AvgIpc) is 3.39. The third-order valence-corrected chi connectivity index (χ3v) is 6.31. The summed E-state index contributed by atoms with van der Waals surface area (Å²) in [5.41, 5.74) is 2.37. The summed E-state index contributed by atoms with van der Waals surface area (Å²) in [4.78, 5) is 15.0. The van der Waals surface area contributed by atoms with Crippen molar-refractivity contribution in [3.63, 3.8) is 0 Å². The second-order valence-corrected chi connectivity index (χ2v) is 9.54. The lowest BCUT2D eigenvalue weighted by Gasteiger charge is -2.30. The molecule has 1 aromatic carbocycles. The van der Waals surface area contributed by atoms with Gasteiger partial charge in [-0.2, -0.15) is 23.3 Å². The van der Waals surface area contributed by atoms with Crippen molar-refractivity contribution in [1.29, 1.82) is 0 Å². The molecule has 0 bridgehead atoms. The number of carboxylic acids is 1. The summed E-state index contributed by atoms with van der Waals surface area (Å²) in [6, 6.07) is 3.88. The number of carboxylic acid groups (broad SMARTS) is 1. The Labute approximate surface area is 200 Å². The number of carbonyl (C=O) groups is 1. The zero-order chi connectivity index (χ0) is 25.4. The molecule has 1 aliphatic carbocycles. The van der Waals surface area contributed by atoms with Crippen molar-refractivity contribution in [1.82, 2.24) is 25.2 Å². The van der Waals surface area contributed by atoms with E-state index in [9.17, 15) is 18.0 Å². The van der Waals surface area contributed by atoms with Crippen LogP contribution in [0.3, 0.4) is 0 Å². The Balaban J connectivity index is 1.63. The predicted molar refractivity (Wildman–Crippen MR) is 122 cm³/mol. The van der Waals surface area contributed by atoms with Gasteiger partial charge in [-0.25, -0.2) is 0 Å². The Kier molecular flexibility index (Phi) is 6.72. The first-order valence-corrected chi connectivity index (χ1v) is 11.5. The highest BCUT2D eigenvalue weighted by atomic mass is 19.4. The number of alkyl halides is 3. The Morgan fingerprint density at radius 1 is 1.31 bits per heavy atom. The van der Waals surface area contributed by atoms with E-state index in [0.29, 0.717) is 12.2 Å². The first-order chi connectivity index (χ1) is 16.5. The van der Waals surface area contributed by atoms with Gasteiger partial charge < -0.3 is 14.9 Å². The molecule has 188 valence electrons. The lowest BCUT2D eigenvalue weighted by atomic mass is 9.76. The fourth-order valence-electron chi connectivity index (χ4n) is 4.49. The maximum absolute atomic E-state index is 13.8.